The predicted octanol–water partition coefficient (Wildman–Crippen LogP) is 0.127. The van der Waals surface area contributed by atoms with Crippen LogP contribution in [-0.4, -0.2) is 75.3 Å². The van der Waals surface area contributed by atoms with E-state index in [4.69, 9.17) is 5.41 Å². The molecule has 32 heavy (non-hydrogen) atoms. The van der Waals surface area contributed by atoms with Gasteiger partial charge in [0.05, 0.1) is 11.7 Å². The first-order valence-electron chi connectivity index (χ1n) is 10.3. The van der Waals surface area contributed by atoms with E-state index in [1.807, 2.05) is 36.5 Å². The minimum Gasteiger partial charge on any atom is -0.391 e. The van der Waals surface area contributed by atoms with Gasteiger partial charge in [0.1, 0.15) is 0 Å². The van der Waals surface area contributed by atoms with Gasteiger partial charge in [-0.2, -0.15) is 5.10 Å². The summed E-state index contributed by atoms with van der Waals surface area (Å²) in [5.74, 6) is -1.59. The molecule has 10 heteroatoms. The first-order valence-corrected chi connectivity index (χ1v) is 10.3. The smallest absolute Gasteiger partial charge is 0.255 e. The van der Waals surface area contributed by atoms with Crippen molar-refractivity contribution in [2.24, 2.45) is 0 Å². The van der Waals surface area contributed by atoms with Gasteiger partial charge in [-0.15, -0.1) is 0 Å². The van der Waals surface area contributed by atoms with Gasteiger partial charge >= 0.3 is 0 Å². The molecule has 10 nitrogen and oxygen atoms in total. The third-order valence-corrected chi connectivity index (χ3v) is 5.51. The first-order chi connectivity index (χ1) is 15.3. The molecule has 1 aromatic heterocycles. The lowest BCUT2D eigenvalue weighted by molar-refractivity contribution is -0.153. The lowest BCUT2D eigenvalue weighted by Gasteiger charge is -2.32. The fraction of sp³-hybridized carbons (Fsp3) is 0.364. The van der Waals surface area contributed by atoms with Crippen LogP contribution in [0.4, 0.5) is 0 Å². The third-order valence-electron chi connectivity index (χ3n) is 5.51. The number of nitrogens with one attached hydrogen (secondary N) is 3. The summed E-state index contributed by atoms with van der Waals surface area (Å²) in [7, 11) is 1.74. The van der Waals surface area contributed by atoms with Gasteiger partial charge in [-0.05, 0) is 30.7 Å². The summed E-state index contributed by atoms with van der Waals surface area (Å²) in [5, 5.41) is 37.9. The number of carbonyl (C=O) groups excluding carboxylic acids is 2. The lowest BCUT2D eigenvalue weighted by atomic mass is 10.0. The minimum absolute atomic E-state index is 0.128. The lowest BCUT2D eigenvalue weighted by Crippen LogP contribution is -2.52. The van der Waals surface area contributed by atoms with Gasteiger partial charge < -0.3 is 31.2 Å². The molecule has 2 heterocycles. The van der Waals surface area contributed by atoms with E-state index in [1.54, 1.807) is 24.9 Å². The van der Waals surface area contributed by atoms with Crippen molar-refractivity contribution < 1.29 is 19.8 Å². The highest BCUT2D eigenvalue weighted by molar-refractivity contribution is 5.91. The number of hydrogen-bond acceptors (Lipinski definition) is 7. The van der Waals surface area contributed by atoms with Crippen LogP contribution >= 0.6 is 0 Å². The van der Waals surface area contributed by atoms with Crippen molar-refractivity contribution in [3.8, 4) is 5.69 Å². The summed E-state index contributed by atoms with van der Waals surface area (Å²) < 4.78 is 1.71. The third kappa shape index (κ3) is 5.04. The number of aliphatic hydroxyl groups is 2. The second-order valence-electron chi connectivity index (χ2n) is 7.57. The van der Waals surface area contributed by atoms with E-state index in [1.165, 1.54) is 4.90 Å². The van der Waals surface area contributed by atoms with Crippen LogP contribution in [0, 0.1) is 5.41 Å². The Kier molecular flexibility index (Phi) is 7.39. The largest absolute Gasteiger partial charge is 0.391 e. The van der Waals surface area contributed by atoms with Crippen molar-refractivity contribution in [2.45, 2.75) is 31.6 Å². The number of aromatic nitrogens is 2. The number of amides is 2. The Hall–Kier alpha value is -3.50. The molecule has 0 aliphatic carbocycles. The Morgan fingerprint density at radius 2 is 1.94 bits per heavy atom. The van der Waals surface area contributed by atoms with Gasteiger partial charge in [0.2, 0.25) is 0 Å². The number of carbonyl (C=O) groups is 2. The molecule has 0 spiro atoms. The average Bonchev–Trinajstić information content (AvgIpc) is 3.37. The molecule has 0 saturated heterocycles. The Labute approximate surface area is 186 Å². The van der Waals surface area contributed by atoms with Gasteiger partial charge in [-0.3, -0.25) is 9.59 Å². The molecule has 1 aliphatic rings. The SMILES string of the molecule is CNC1=C(C=N)CN(C(=O)[C@H](O)[C@@H](O)C(=O)N[C@H](C)c2ccc(-n3cccn3)cc2)CC1. The highest BCUT2D eigenvalue weighted by atomic mass is 16.3. The normalized spacial score (nSPS) is 16.8. The van der Waals surface area contributed by atoms with E-state index in [0.29, 0.717) is 18.5 Å². The molecule has 2 aromatic rings. The first kappa shape index (κ1) is 23.2. The Balaban J connectivity index is 1.59. The molecule has 3 atom stereocenters. The van der Waals surface area contributed by atoms with Crippen molar-refractivity contribution in [3.05, 3.63) is 59.6 Å². The van der Waals surface area contributed by atoms with Crippen LogP contribution < -0.4 is 10.6 Å². The molecule has 0 unspecified atom stereocenters. The number of aliphatic hydroxyl groups excluding tert-OH is 2. The number of nitrogens with zero attached hydrogens (tertiary/aromatic N) is 3. The summed E-state index contributed by atoms with van der Waals surface area (Å²) in [6.07, 6.45) is 1.33. The van der Waals surface area contributed by atoms with Gasteiger partial charge in [-0.1, -0.05) is 12.1 Å². The molecular formula is C22H28N6O4. The van der Waals surface area contributed by atoms with Crippen LogP contribution in [0.25, 0.3) is 5.69 Å². The van der Waals surface area contributed by atoms with Crippen molar-refractivity contribution in [1.29, 1.82) is 5.41 Å². The van der Waals surface area contributed by atoms with Crippen LogP contribution in [0.5, 0.6) is 0 Å². The van der Waals surface area contributed by atoms with Crippen LogP contribution in [-0.2, 0) is 9.59 Å². The van der Waals surface area contributed by atoms with E-state index >= 15 is 0 Å². The maximum atomic E-state index is 12.6. The Morgan fingerprint density at radius 3 is 2.53 bits per heavy atom. The number of rotatable bonds is 8. The quantitative estimate of drug-likeness (QED) is 0.369. The van der Waals surface area contributed by atoms with Crippen LogP contribution in [0.1, 0.15) is 24.9 Å². The molecule has 3 rings (SSSR count). The van der Waals surface area contributed by atoms with Crippen LogP contribution in [0.2, 0.25) is 0 Å². The molecule has 1 aliphatic heterocycles. The maximum Gasteiger partial charge on any atom is 0.255 e. The monoisotopic (exact) mass is 440 g/mol. The van der Waals surface area contributed by atoms with Crippen molar-refractivity contribution in [3.63, 3.8) is 0 Å². The number of hydrogen-bond donors (Lipinski definition) is 5. The average molecular weight is 441 g/mol. The standard InChI is InChI=1S/C22H28N6O4/c1-14(15-4-6-17(7-5-15)28-10-3-9-25-28)26-21(31)19(29)20(30)22(32)27-11-8-18(24-2)16(12-23)13-27/h3-7,9-10,12,14,19-20,23-24,29-30H,8,11,13H2,1-2H3,(H,26,31)/t14-,19-,20-/m1/s1. The molecule has 1 aromatic carbocycles. The predicted molar refractivity (Wildman–Crippen MR) is 118 cm³/mol. The highest BCUT2D eigenvalue weighted by Crippen LogP contribution is 2.18. The Morgan fingerprint density at radius 1 is 1.22 bits per heavy atom. The number of benzene rings is 1. The van der Waals surface area contributed by atoms with Crippen LogP contribution in [0.15, 0.2) is 54.0 Å². The van der Waals surface area contributed by atoms with Gasteiger partial charge in [0, 0.05) is 56.4 Å². The zero-order chi connectivity index (χ0) is 23.3. The zero-order valence-electron chi connectivity index (χ0n) is 18.0. The minimum atomic E-state index is -1.91. The van der Waals surface area contributed by atoms with Crippen LogP contribution in [0.3, 0.4) is 0 Å². The fourth-order valence-electron chi connectivity index (χ4n) is 3.58. The summed E-state index contributed by atoms with van der Waals surface area (Å²) in [5.41, 5.74) is 3.12. The summed E-state index contributed by atoms with van der Waals surface area (Å²) in [6, 6.07) is 8.72. The molecule has 170 valence electrons. The van der Waals surface area contributed by atoms with E-state index in [9.17, 15) is 19.8 Å². The van der Waals surface area contributed by atoms with Crippen molar-refractivity contribution in [2.75, 3.05) is 20.1 Å². The molecule has 0 radical (unpaired) electrons. The van der Waals surface area contributed by atoms with E-state index < -0.39 is 30.1 Å². The van der Waals surface area contributed by atoms with Gasteiger partial charge in [-0.25, -0.2) is 4.68 Å². The fourth-order valence-corrected chi connectivity index (χ4v) is 3.58. The molecule has 0 saturated carbocycles. The maximum absolute atomic E-state index is 12.6. The summed E-state index contributed by atoms with van der Waals surface area (Å²) >= 11 is 0. The molecular weight excluding hydrogens is 412 g/mol. The van der Waals surface area contributed by atoms with Crippen molar-refractivity contribution >= 4 is 18.0 Å². The molecule has 2 amide bonds. The highest BCUT2D eigenvalue weighted by Gasteiger charge is 2.35. The summed E-state index contributed by atoms with van der Waals surface area (Å²) in [6.45, 7) is 2.19. The molecule has 0 bridgehead atoms. The Bertz CT molecular complexity index is 986. The van der Waals surface area contributed by atoms with Gasteiger partial charge in [0.15, 0.2) is 12.2 Å². The zero-order valence-corrected chi connectivity index (χ0v) is 18.0. The summed E-state index contributed by atoms with van der Waals surface area (Å²) in [4.78, 5) is 26.4. The second kappa shape index (κ2) is 10.2. The second-order valence-corrected chi connectivity index (χ2v) is 7.57. The topological polar surface area (TPSA) is 144 Å². The molecule has 5 N–H and O–H groups in total. The van der Waals surface area contributed by atoms with E-state index in [2.05, 4.69) is 15.7 Å². The van der Waals surface area contributed by atoms with E-state index in [-0.39, 0.29) is 6.54 Å². The van der Waals surface area contributed by atoms with Crippen molar-refractivity contribution in [1.82, 2.24) is 25.3 Å². The molecule has 0 fully saturated rings. The van der Waals surface area contributed by atoms with Gasteiger partial charge in [0.25, 0.3) is 11.8 Å². The van der Waals surface area contributed by atoms with E-state index in [0.717, 1.165) is 23.2 Å².